The van der Waals surface area contributed by atoms with Crippen LogP contribution in [0.3, 0.4) is 0 Å². The van der Waals surface area contributed by atoms with Gasteiger partial charge >= 0.3 is 0 Å². The highest BCUT2D eigenvalue weighted by atomic mass is 16.2. The number of nitrogens with one attached hydrogen (secondary N) is 2. The van der Waals surface area contributed by atoms with Crippen molar-refractivity contribution in [3.05, 3.63) is 0 Å². The molecule has 0 spiro atoms. The van der Waals surface area contributed by atoms with Gasteiger partial charge in [-0.3, -0.25) is 9.59 Å². The Morgan fingerprint density at radius 3 is 2.59 bits per heavy atom. The highest BCUT2D eigenvalue weighted by Gasteiger charge is 2.15. The molecule has 2 N–H and O–H groups in total. The minimum Gasteiger partial charge on any atom is -0.356 e. The molecule has 5 nitrogen and oxygen atoms in total. The summed E-state index contributed by atoms with van der Waals surface area (Å²) in [6.07, 6.45) is 2.92. The molecule has 5 heteroatoms. The van der Waals surface area contributed by atoms with Crippen LogP contribution < -0.4 is 10.6 Å². The van der Waals surface area contributed by atoms with Crippen molar-refractivity contribution in [3.8, 4) is 0 Å². The Morgan fingerprint density at radius 2 is 1.94 bits per heavy atom. The summed E-state index contributed by atoms with van der Waals surface area (Å²) in [4.78, 5) is 24.9. The van der Waals surface area contributed by atoms with Crippen LogP contribution in [0.25, 0.3) is 0 Å². The maximum atomic E-state index is 11.7. The first-order valence-corrected chi connectivity index (χ1v) is 6.49. The van der Waals surface area contributed by atoms with Crippen LogP contribution in [-0.2, 0) is 9.59 Å². The molecule has 1 aliphatic heterocycles. The van der Waals surface area contributed by atoms with Crippen LogP contribution in [0.1, 0.15) is 32.6 Å². The fourth-order valence-corrected chi connectivity index (χ4v) is 1.81. The summed E-state index contributed by atoms with van der Waals surface area (Å²) in [5.41, 5.74) is 0. The molecule has 1 aliphatic rings. The molecule has 0 radical (unpaired) electrons. The lowest BCUT2D eigenvalue weighted by atomic mass is 10.2. The van der Waals surface area contributed by atoms with Gasteiger partial charge in [0.05, 0.1) is 0 Å². The standard InChI is InChI=1S/C12H23N3O2/c1-2-3-4-11(16)14-6-5-12(17)15-9-7-13-8-10-15/h13H,2-10H2,1H3,(H,14,16). The van der Waals surface area contributed by atoms with Crippen LogP contribution in [-0.4, -0.2) is 49.4 Å². The van der Waals surface area contributed by atoms with Crippen molar-refractivity contribution in [3.63, 3.8) is 0 Å². The summed E-state index contributed by atoms with van der Waals surface area (Å²) in [6, 6.07) is 0. The number of carbonyl (C=O) groups is 2. The van der Waals surface area contributed by atoms with E-state index < -0.39 is 0 Å². The maximum absolute atomic E-state index is 11.7. The number of amides is 2. The Balaban J connectivity index is 2.08. The van der Waals surface area contributed by atoms with Gasteiger partial charge < -0.3 is 15.5 Å². The van der Waals surface area contributed by atoms with Gasteiger partial charge in [0.25, 0.3) is 0 Å². The fraction of sp³-hybridized carbons (Fsp3) is 0.833. The predicted octanol–water partition coefficient (Wildman–Crippen LogP) is 0.115. The van der Waals surface area contributed by atoms with Crippen LogP contribution in [0, 0.1) is 0 Å². The van der Waals surface area contributed by atoms with Gasteiger partial charge in [0.1, 0.15) is 0 Å². The first-order valence-electron chi connectivity index (χ1n) is 6.49. The van der Waals surface area contributed by atoms with Crippen LogP contribution >= 0.6 is 0 Å². The van der Waals surface area contributed by atoms with Gasteiger partial charge in [0, 0.05) is 45.6 Å². The summed E-state index contributed by atoms with van der Waals surface area (Å²) < 4.78 is 0. The molecule has 2 amide bonds. The Bertz CT molecular complexity index is 250. The molecule has 0 aromatic carbocycles. The highest BCUT2D eigenvalue weighted by Crippen LogP contribution is 1.97. The van der Waals surface area contributed by atoms with E-state index >= 15 is 0 Å². The largest absolute Gasteiger partial charge is 0.356 e. The van der Waals surface area contributed by atoms with E-state index in [4.69, 9.17) is 0 Å². The summed E-state index contributed by atoms with van der Waals surface area (Å²) in [7, 11) is 0. The molecule has 98 valence electrons. The van der Waals surface area contributed by atoms with Gasteiger partial charge in [-0.05, 0) is 6.42 Å². The molecule has 0 aliphatic carbocycles. The average Bonchev–Trinajstić information content (AvgIpc) is 2.37. The molecule has 0 bridgehead atoms. The lowest BCUT2D eigenvalue weighted by Gasteiger charge is -2.27. The third kappa shape index (κ3) is 5.68. The smallest absolute Gasteiger partial charge is 0.224 e. The van der Waals surface area contributed by atoms with Crippen LogP contribution in [0.2, 0.25) is 0 Å². The summed E-state index contributed by atoms with van der Waals surface area (Å²) in [5, 5.41) is 5.99. The summed E-state index contributed by atoms with van der Waals surface area (Å²) >= 11 is 0. The molecule has 1 saturated heterocycles. The first-order chi connectivity index (χ1) is 8.24. The Kier molecular flexibility index (Phi) is 6.62. The van der Waals surface area contributed by atoms with Crippen molar-refractivity contribution in [2.45, 2.75) is 32.6 Å². The van der Waals surface area contributed by atoms with Crippen molar-refractivity contribution < 1.29 is 9.59 Å². The summed E-state index contributed by atoms with van der Waals surface area (Å²) in [5.74, 6) is 0.197. The first kappa shape index (κ1) is 14.0. The second-order valence-corrected chi connectivity index (χ2v) is 4.33. The minimum atomic E-state index is 0.0555. The zero-order chi connectivity index (χ0) is 12.5. The number of nitrogens with zero attached hydrogens (tertiary/aromatic N) is 1. The normalized spacial score (nSPS) is 15.7. The highest BCUT2D eigenvalue weighted by molar-refractivity contribution is 5.79. The van der Waals surface area contributed by atoms with Crippen LogP contribution in [0.5, 0.6) is 0 Å². The molecule has 17 heavy (non-hydrogen) atoms. The number of piperazine rings is 1. The fourth-order valence-electron chi connectivity index (χ4n) is 1.81. The number of rotatable bonds is 6. The number of carbonyl (C=O) groups excluding carboxylic acids is 2. The van der Waals surface area contributed by atoms with E-state index in [9.17, 15) is 9.59 Å². The predicted molar refractivity (Wildman–Crippen MR) is 66.6 cm³/mol. The SMILES string of the molecule is CCCCC(=O)NCCC(=O)N1CCNCC1. The molecule has 0 atom stereocenters. The molecule has 1 rings (SSSR count). The van der Waals surface area contributed by atoms with Crippen molar-refractivity contribution in [1.29, 1.82) is 0 Å². The number of hydrogen-bond acceptors (Lipinski definition) is 3. The van der Waals surface area contributed by atoms with Crippen LogP contribution in [0.15, 0.2) is 0 Å². The van der Waals surface area contributed by atoms with Gasteiger partial charge in [-0.25, -0.2) is 0 Å². The third-order valence-corrected chi connectivity index (χ3v) is 2.89. The van der Waals surface area contributed by atoms with Crippen molar-refractivity contribution >= 4 is 11.8 Å². The minimum absolute atomic E-state index is 0.0555. The van der Waals surface area contributed by atoms with Gasteiger partial charge in [-0.1, -0.05) is 13.3 Å². The van der Waals surface area contributed by atoms with Gasteiger partial charge in [-0.2, -0.15) is 0 Å². The molecular weight excluding hydrogens is 218 g/mol. The summed E-state index contributed by atoms with van der Waals surface area (Å²) in [6.45, 7) is 5.82. The molecule has 1 heterocycles. The Morgan fingerprint density at radius 1 is 1.24 bits per heavy atom. The average molecular weight is 241 g/mol. The van der Waals surface area contributed by atoms with Gasteiger partial charge in [0.15, 0.2) is 0 Å². The second kappa shape index (κ2) is 8.06. The molecule has 0 aromatic rings. The van der Waals surface area contributed by atoms with Crippen molar-refractivity contribution in [1.82, 2.24) is 15.5 Å². The van der Waals surface area contributed by atoms with Crippen molar-refractivity contribution in [2.75, 3.05) is 32.7 Å². The number of hydrogen-bond donors (Lipinski definition) is 2. The van der Waals surface area contributed by atoms with E-state index in [2.05, 4.69) is 17.6 Å². The van der Waals surface area contributed by atoms with E-state index in [1.807, 2.05) is 4.90 Å². The topological polar surface area (TPSA) is 61.4 Å². The molecule has 0 aromatic heterocycles. The van der Waals surface area contributed by atoms with E-state index in [-0.39, 0.29) is 11.8 Å². The van der Waals surface area contributed by atoms with E-state index in [1.54, 1.807) is 0 Å². The van der Waals surface area contributed by atoms with Crippen LogP contribution in [0.4, 0.5) is 0 Å². The zero-order valence-corrected chi connectivity index (χ0v) is 10.6. The van der Waals surface area contributed by atoms with Gasteiger partial charge in [-0.15, -0.1) is 0 Å². The molecule has 0 unspecified atom stereocenters. The number of unbranched alkanes of at least 4 members (excludes halogenated alkanes) is 1. The molecule has 0 saturated carbocycles. The van der Waals surface area contributed by atoms with E-state index in [0.29, 0.717) is 19.4 Å². The lowest BCUT2D eigenvalue weighted by Crippen LogP contribution is -2.47. The van der Waals surface area contributed by atoms with Crippen molar-refractivity contribution in [2.24, 2.45) is 0 Å². The van der Waals surface area contributed by atoms with E-state index in [0.717, 1.165) is 39.0 Å². The molecular formula is C12H23N3O2. The monoisotopic (exact) mass is 241 g/mol. The third-order valence-electron chi connectivity index (χ3n) is 2.89. The Hall–Kier alpha value is -1.10. The van der Waals surface area contributed by atoms with E-state index in [1.165, 1.54) is 0 Å². The maximum Gasteiger partial charge on any atom is 0.224 e. The Labute approximate surface area is 103 Å². The molecule has 1 fully saturated rings. The quantitative estimate of drug-likeness (QED) is 0.694. The second-order valence-electron chi connectivity index (χ2n) is 4.33. The van der Waals surface area contributed by atoms with Gasteiger partial charge in [0.2, 0.25) is 11.8 Å². The lowest BCUT2D eigenvalue weighted by molar-refractivity contribution is -0.131. The zero-order valence-electron chi connectivity index (χ0n) is 10.6.